The molecular weight excluding hydrogens is 311 g/mol. The molecule has 1 aliphatic carbocycles. The fourth-order valence-corrected chi connectivity index (χ4v) is 3.14. The minimum atomic E-state index is -0.956. The van der Waals surface area contributed by atoms with Crippen molar-refractivity contribution in [3.05, 3.63) is 24.0 Å². The van der Waals surface area contributed by atoms with E-state index in [1.165, 1.54) is 18.2 Å². The molecule has 2 aliphatic rings. The highest BCUT2D eigenvalue weighted by molar-refractivity contribution is 5.91. The largest absolute Gasteiger partial charge is 0.491 e. The number of rotatable bonds is 5. The number of halogens is 1. The highest BCUT2D eigenvalue weighted by Crippen LogP contribution is 2.33. The van der Waals surface area contributed by atoms with Gasteiger partial charge < -0.3 is 20.1 Å². The highest BCUT2D eigenvalue weighted by Gasteiger charge is 2.38. The van der Waals surface area contributed by atoms with Gasteiger partial charge in [-0.25, -0.2) is 9.18 Å². The van der Waals surface area contributed by atoms with E-state index in [0.717, 1.165) is 25.7 Å². The molecule has 1 aromatic rings. The summed E-state index contributed by atoms with van der Waals surface area (Å²) < 4.78 is 19.2. The van der Waals surface area contributed by atoms with Crippen LogP contribution in [0.2, 0.25) is 0 Å². The Kier molecular flexibility index (Phi) is 4.67. The summed E-state index contributed by atoms with van der Waals surface area (Å²) in [5.41, 5.74) is -0.495. The lowest BCUT2D eigenvalue weighted by Gasteiger charge is -2.33. The lowest BCUT2D eigenvalue weighted by molar-refractivity contribution is 0.0117. The van der Waals surface area contributed by atoms with E-state index >= 15 is 0 Å². The van der Waals surface area contributed by atoms with E-state index in [1.54, 1.807) is 18.7 Å². The molecule has 0 unspecified atom stereocenters. The monoisotopic (exact) mass is 336 g/mol. The number of ether oxygens (including phenoxy) is 1. The zero-order valence-corrected chi connectivity index (χ0v) is 14.2. The predicted octanol–water partition coefficient (Wildman–Crippen LogP) is 3.38. The molecule has 2 N–H and O–H groups in total. The highest BCUT2D eigenvalue weighted by atomic mass is 19.1. The Balaban J connectivity index is 1.71. The van der Waals surface area contributed by atoms with Gasteiger partial charge in [0, 0.05) is 12.6 Å². The number of hydrogen-bond donors (Lipinski definition) is 2. The van der Waals surface area contributed by atoms with E-state index in [0.29, 0.717) is 30.5 Å². The lowest BCUT2D eigenvalue weighted by Crippen LogP contribution is -2.49. The van der Waals surface area contributed by atoms with Crippen LogP contribution in [0.1, 0.15) is 39.5 Å². The fourth-order valence-electron chi connectivity index (χ4n) is 3.14. The molecule has 5 nitrogen and oxygen atoms in total. The average Bonchev–Trinajstić information content (AvgIpc) is 3.18. The van der Waals surface area contributed by atoms with Gasteiger partial charge in [0.25, 0.3) is 0 Å². The van der Waals surface area contributed by atoms with Crippen LogP contribution in [0.3, 0.4) is 0 Å². The number of anilines is 1. The SMILES string of the molecule is CC(C)(O)[C@H]1CCCN1C(=O)Nc1ccc(F)cc1OCC1CC1. The first-order valence-electron chi connectivity index (χ1n) is 8.57. The molecule has 2 fully saturated rings. The standard InChI is InChI=1S/C18H25FN2O3/c1-18(2,23)16-4-3-9-21(16)17(22)20-14-8-7-13(19)10-15(14)24-11-12-5-6-12/h7-8,10,12,16,23H,3-6,9,11H2,1-2H3,(H,20,22)/t16-/m1/s1. The number of benzene rings is 1. The predicted molar refractivity (Wildman–Crippen MR) is 89.7 cm³/mol. The number of urea groups is 1. The topological polar surface area (TPSA) is 61.8 Å². The van der Waals surface area contributed by atoms with E-state index < -0.39 is 11.4 Å². The van der Waals surface area contributed by atoms with Crippen molar-refractivity contribution in [1.29, 1.82) is 0 Å². The third kappa shape index (κ3) is 3.98. The fraction of sp³-hybridized carbons (Fsp3) is 0.611. The Morgan fingerprint density at radius 3 is 2.83 bits per heavy atom. The number of likely N-dealkylation sites (tertiary alicyclic amines) is 1. The smallest absolute Gasteiger partial charge is 0.322 e. The summed E-state index contributed by atoms with van der Waals surface area (Å²) >= 11 is 0. The number of nitrogens with zero attached hydrogens (tertiary/aromatic N) is 1. The third-order valence-electron chi connectivity index (χ3n) is 4.69. The normalized spacial score (nSPS) is 21.0. The zero-order valence-electron chi connectivity index (χ0n) is 14.2. The first-order chi connectivity index (χ1) is 11.3. The molecule has 1 heterocycles. The molecule has 2 amide bonds. The minimum Gasteiger partial charge on any atom is -0.491 e. The van der Waals surface area contributed by atoms with Gasteiger partial charge in [0.15, 0.2) is 0 Å². The third-order valence-corrected chi connectivity index (χ3v) is 4.69. The first kappa shape index (κ1) is 17.0. The van der Waals surface area contributed by atoms with Gasteiger partial charge in [0.1, 0.15) is 11.6 Å². The molecule has 1 saturated carbocycles. The number of carbonyl (C=O) groups is 1. The van der Waals surface area contributed by atoms with Crippen molar-refractivity contribution in [3.63, 3.8) is 0 Å². The number of carbonyl (C=O) groups excluding carboxylic acids is 1. The van der Waals surface area contributed by atoms with Crippen LogP contribution in [-0.4, -0.2) is 40.8 Å². The Bertz CT molecular complexity index is 611. The van der Waals surface area contributed by atoms with Gasteiger partial charge in [0.2, 0.25) is 0 Å². The summed E-state index contributed by atoms with van der Waals surface area (Å²) in [4.78, 5) is 14.3. The van der Waals surface area contributed by atoms with Gasteiger partial charge >= 0.3 is 6.03 Å². The number of nitrogens with one attached hydrogen (secondary N) is 1. The van der Waals surface area contributed by atoms with Crippen LogP contribution >= 0.6 is 0 Å². The molecule has 6 heteroatoms. The quantitative estimate of drug-likeness (QED) is 0.866. The van der Waals surface area contributed by atoms with Gasteiger partial charge in [-0.15, -0.1) is 0 Å². The molecule has 1 aromatic carbocycles. The molecule has 0 aromatic heterocycles. The van der Waals surface area contributed by atoms with E-state index in [-0.39, 0.29) is 12.1 Å². The molecule has 132 valence electrons. The maximum absolute atomic E-state index is 13.5. The first-order valence-corrected chi connectivity index (χ1v) is 8.57. The Morgan fingerprint density at radius 2 is 2.17 bits per heavy atom. The summed E-state index contributed by atoms with van der Waals surface area (Å²) in [5.74, 6) is 0.499. The van der Waals surface area contributed by atoms with Crippen LogP contribution in [-0.2, 0) is 0 Å². The van der Waals surface area contributed by atoms with Crippen molar-refractivity contribution in [2.24, 2.45) is 5.92 Å². The van der Waals surface area contributed by atoms with Gasteiger partial charge in [-0.2, -0.15) is 0 Å². The van der Waals surface area contributed by atoms with Crippen LogP contribution in [0, 0.1) is 11.7 Å². The second-order valence-electron chi connectivity index (χ2n) is 7.33. The van der Waals surface area contributed by atoms with Crippen molar-refractivity contribution in [2.75, 3.05) is 18.5 Å². The summed E-state index contributed by atoms with van der Waals surface area (Å²) in [6, 6.07) is 3.60. The molecule has 1 aliphatic heterocycles. The van der Waals surface area contributed by atoms with Gasteiger partial charge in [-0.05, 0) is 57.6 Å². The van der Waals surface area contributed by atoms with Gasteiger partial charge in [0.05, 0.1) is 23.9 Å². The molecule has 0 spiro atoms. The molecule has 3 rings (SSSR count). The molecule has 0 radical (unpaired) electrons. The van der Waals surface area contributed by atoms with E-state index in [4.69, 9.17) is 4.74 Å². The number of hydrogen-bond acceptors (Lipinski definition) is 3. The Morgan fingerprint density at radius 1 is 1.42 bits per heavy atom. The maximum Gasteiger partial charge on any atom is 0.322 e. The van der Waals surface area contributed by atoms with Gasteiger partial charge in [-0.3, -0.25) is 0 Å². The van der Waals surface area contributed by atoms with Gasteiger partial charge in [-0.1, -0.05) is 0 Å². The molecule has 1 atom stereocenters. The Hall–Kier alpha value is -1.82. The lowest BCUT2D eigenvalue weighted by atomic mass is 9.97. The van der Waals surface area contributed by atoms with Crippen molar-refractivity contribution in [1.82, 2.24) is 4.90 Å². The van der Waals surface area contributed by atoms with Crippen molar-refractivity contribution >= 4 is 11.7 Å². The zero-order chi connectivity index (χ0) is 17.3. The number of aliphatic hydroxyl groups is 1. The summed E-state index contributed by atoms with van der Waals surface area (Å²) in [6.07, 6.45) is 3.90. The number of amides is 2. The van der Waals surface area contributed by atoms with Crippen LogP contribution in [0.4, 0.5) is 14.9 Å². The Labute approximate surface area is 141 Å². The van der Waals surface area contributed by atoms with Crippen molar-refractivity contribution in [2.45, 2.75) is 51.2 Å². The van der Waals surface area contributed by atoms with Crippen LogP contribution in [0.5, 0.6) is 5.75 Å². The average molecular weight is 336 g/mol. The summed E-state index contributed by atoms with van der Waals surface area (Å²) in [6.45, 7) is 4.57. The van der Waals surface area contributed by atoms with Crippen LogP contribution in [0.25, 0.3) is 0 Å². The molecule has 0 bridgehead atoms. The molecular formula is C18H25FN2O3. The van der Waals surface area contributed by atoms with Crippen LogP contribution in [0.15, 0.2) is 18.2 Å². The summed E-state index contributed by atoms with van der Waals surface area (Å²) in [5, 5.41) is 13.1. The van der Waals surface area contributed by atoms with E-state index in [1.807, 2.05) is 0 Å². The second-order valence-corrected chi connectivity index (χ2v) is 7.33. The second kappa shape index (κ2) is 6.59. The van der Waals surface area contributed by atoms with E-state index in [9.17, 15) is 14.3 Å². The van der Waals surface area contributed by atoms with Crippen molar-refractivity contribution in [3.8, 4) is 5.75 Å². The van der Waals surface area contributed by atoms with Crippen molar-refractivity contribution < 1.29 is 19.0 Å². The maximum atomic E-state index is 13.5. The minimum absolute atomic E-state index is 0.228. The molecule has 24 heavy (non-hydrogen) atoms. The van der Waals surface area contributed by atoms with Crippen LogP contribution < -0.4 is 10.1 Å². The molecule has 1 saturated heterocycles. The summed E-state index contributed by atoms with van der Waals surface area (Å²) in [7, 11) is 0. The van der Waals surface area contributed by atoms with E-state index in [2.05, 4.69) is 5.32 Å².